The molecule has 2 heterocycles. The Morgan fingerprint density at radius 1 is 1.00 bits per heavy atom. The Bertz CT molecular complexity index is 788. The zero-order valence-corrected chi connectivity index (χ0v) is 12.2. The summed E-state index contributed by atoms with van der Waals surface area (Å²) in [5.41, 5.74) is -7.78. The molecule has 2 atom stereocenters. The maximum absolute atomic E-state index is 13.3. The topological polar surface area (TPSA) is 70.3 Å². The van der Waals surface area contributed by atoms with Crippen molar-refractivity contribution in [2.75, 3.05) is 5.32 Å². The molecule has 0 fully saturated rings. The lowest BCUT2D eigenvalue weighted by Gasteiger charge is -2.44. The third kappa shape index (κ3) is 2.63. The van der Waals surface area contributed by atoms with Crippen molar-refractivity contribution in [3.05, 3.63) is 36.4 Å². The third-order valence-corrected chi connectivity index (χ3v) is 3.89. The molecule has 136 valence electrons. The molecule has 5 nitrogen and oxygen atoms in total. The van der Waals surface area contributed by atoms with Crippen molar-refractivity contribution in [3.8, 4) is 11.3 Å². The lowest BCUT2D eigenvalue weighted by Crippen LogP contribution is -2.64. The van der Waals surface area contributed by atoms with Crippen LogP contribution in [0.5, 0.6) is 0 Å². The van der Waals surface area contributed by atoms with Crippen molar-refractivity contribution >= 4 is 5.82 Å². The Balaban J connectivity index is 2.19. The normalized spacial score (nSPS) is 26.9. The van der Waals surface area contributed by atoms with Crippen LogP contribution in [0.2, 0.25) is 0 Å². The molecule has 0 saturated heterocycles. The van der Waals surface area contributed by atoms with Gasteiger partial charge in [0.25, 0.3) is 5.72 Å². The van der Waals surface area contributed by atoms with E-state index >= 15 is 0 Å². The molecule has 2 aromatic rings. The van der Waals surface area contributed by atoms with Gasteiger partial charge >= 0.3 is 12.4 Å². The fourth-order valence-corrected chi connectivity index (χ4v) is 2.58. The van der Waals surface area contributed by atoms with Gasteiger partial charge in [-0.15, -0.1) is 0 Å². The summed E-state index contributed by atoms with van der Waals surface area (Å²) in [7, 11) is 0. The lowest BCUT2D eigenvalue weighted by atomic mass is 9.96. The minimum absolute atomic E-state index is 0.00947. The van der Waals surface area contributed by atoms with E-state index in [9.17, 15) is 36.6 Å². The summed E-state index contributed by atoms with van der Waals surface area (Å²) in [5, 5.41) is 24.9. The third-order valence-electron chi connectivity index (χ3n) is 3.89. The van der Waals surface area contributed by atoms with Crippen molar-refractivity contribution in [2.24, 2.45) is 0 Å². The number of rotatable bonds is 1. The number of nitrogens with one attached hydrogen (secondary N) is 1. The van der Waals surface area contributed by atoms with Crippen molar-refractivity contribution in [2.45, 2.75) is 30.2 Å². The molecule has 0 radical (unpaired) electrons. The first-order chi connectivity index (χ1) is 11.4. The highest BCUT2D eigenvalue weighted by molar-refractivity contribution is 5.64. The van der Waals surface area contributed by atoms with Gasteiger partial charge in [-0.2, -0.15) is 31.4 Å². The van der Waals surface area contributed by atoms with Gasteiger partial charge in [0.1, 0.15) is 5.82 Å². The van der Waals surface area contributed by atoms with Gasteiger partial charge in [0.15, 0.2) is 0 Å². The Kier molecular flexibility index (Phi) is 3.59. The average molecular weight is 367 g/mol. The van der Waals surface area contributed by atoms with Crippen molar-refractivity contribution in [1.82, 2.24) is 9.78 Å². The summed E-state index contributed by atoms with van der Waals surface area (Å²) in [6, 6.07) is 8.61. The second-order valence-corrected chi connectivity index (χ2v) is 5.67. The Morgan fingerprint density at radius 2 is 1.60 bits per heavy atom. The van der Waals surface area contributed by atoms with Gasteiger partial charge in [-0.25, -0.2) is 4.68 Å². The molecule has 11 heteroatoms. The SMILES string of the molecule is OC1(C(F)(F)F)CC(O)(C(F)(F)F)n2nc(-c3ccccc3)cc2N1. The van der Waals surface area contributed by atoms with Crippen LogP contribution in [0.1, 0.15) is 6.42 Å². The highest BCUT2D eigenvalue weighted by Crippen LogP contribution is 2.50. The standard InChI is InChI=1S/C14H11F6N3O2/c15-13(16,17)11(24)7-12(25,14(18,19)20)23-10(21-11)6-9(22-23)8-4-2-1-3-5-8/h1-6,21,24-25H,7H2. The monoisotopic (exact) mass is 367 g/mol. The number of halogens is 6. The van der Waals surface area contributed by atoms with Crippen LogP contribution in [0.3, 0.4) is 0 Å². The molecule has 1 aliphatic heterocycles. The maximum Gasteiger partial charge on any atom is 0.438 e. The van der Waals surface area contributed by atoms with Gasteiger partial charge in [-0.1, -0.05) is 30.3 Å². The van der Waals surface area contributed by atoms with Gasteiger partial charge in [0.05, 0.1) is 12.1 Å². The average Bonchev–Trinajstić information content (AvgIpc) is 2.90. The molecule has 1 aromatic carbocycles. The predicted molar refractivity (Wildman–Crippen MR) is 73.2 cm³/mol. The molecule has 0 amide bonds. The van der Waals surface area contributed by atoms with Gasteiger partial charge in [-0.05, 0) is 0 Å². The predicted octanol–water partition coefficient (Wildman–Crippen LogP) is 2.82. The van der Waals surface area contributed by atoms with Crippen molar-refractivity contribution in [1.29, 1.82) is 0 Å². The van der Waals surface area contributed by atoms with Crippen LogP contribution in [0, 0.1) is 0 Å². The van der Waals surface area contributed by atoms with Crippen molar-refractivity contribution in [3.63, 3.8) is 0 Å². The number of benzene rings is 1. The van der Waals surface area contributed by atoms with E-state index in [-0.39, 0.29) is 10.4 Å². The maximum atomic E-state index is 13.3. The second-order valence-electron chi connectivity index (χ2n) is 5.67. The first kappa shape index (κ1) is 17.5. The highest BCUT2D eigenvalue weighted by Gasteiger charge is 2.69. The van der Waals surface area contributed by atoms with Gasteiger partial charge in [-0.3, -0.25) is 0 Å². The van der Waals surface area contributed by atoms with E-state index in [1.165, 1.54) is 12.1 Å². The summed E-state index contributed by atoms with van der Waals surface area (Å²) >= 11 is 0. The van der Waals surface area contributed by atoms with E-state index in [4.69, 9.17) is 0 Å². The quantitative estimate of drug-likeness (QED) is 0.678. The highest BCUT2D eigenvalue weighted by atomic mass is 19.4. The molecule has 0 aliphatic carbocycles. The van der Waals surface area contributed by atoms with Crippen LogP contribution >= 0.6 is 0 Å². The van der Waals surface area contributed by atoms with Gasteiger partial charge in [0.2, 0.25) is 5.72 Å². The molecule has 1 aromatic heterocycles. The summed E-state index contributed by atoms with van der Waals surface area (Å²) in [6.07, 6.45) is -13.1. The molecule has 3 rings (SSSR count). The zero-order valence-electron chi connectivity index (χ0n) is 12.2. The fraction of sp³-hybridized carbons (Fsp3) is 0.357. The molecule has 25 heavy (non-hydrogen) atoms. The molecule has 0 spiro atoms. The van der Waals surface area contributed by atoms with Crippen LogP contribution in [-0.4, -0.2) is 38.1 Å². The van der Waals surface area contributed by atoms with E-state index in [1.54, 1.807) is 23.5 Å². The first-order valence-corrected chi connectivity index (χ1v) is 6.90. The van der Waals surface area contributed by atoms with Crippen LogP contribution < -0.4 is 5.32 Å². The molecule has 0 bridgehead atoms. The minimum atomic E-state index is -5.51. The van der Waals surface area contributed by atoms with E-state index in [1.807, 2.05) is 0 Å². The second kappa shape index (κ2) is 5.11. The largest absolute Gasteiger partial charge is 0.438 e. The lowest BCUT2D eigenvalue weighted by molar-refractivity contribution is -0.345. The van der Waals surface area contributed by atoms with E-state index < -0.39 is 36.0 Å². The van der Waals surface area contributed by atoms with Gasteiger partial charge in [0, 0.05) is 11.6 Å². The van der Waals surface area contributed by atoms with Crippen LogP contribution in [-0.2, 0) is 5.72 Å². The van der Waals surface area contributed by atoms with Crippen LogP contribution in [0.15, 0.2) is 36.4 Å². The van der Waals surface area contributed by atoms with Crippen LogP contribution in [0.25, 0.3) is 11.3 Å². The summed E-state index contributed by atoms with van der Waals surface area (Å²) < 4.78 is 79.2. The minimum Gasteiger partial charge on any atom is -0.363 e. The molecule has 3 N–H and O–H groups in total. The molecule has 2 unspecified atom stereocenters. The summed E-state index contributed by atoms with van der Waals surface area (Å²) in [4.78, 5) is 0. The molecule has 0 saturated carbocycles. The number of aromatic nitrogens is 2. The number of alkyl halides is 6. The first-order valence-electron chi connectivity index (χ1n) is 6.90. The molecule has 1 aliphatic rings. The number of anilines is 1. The van der Waals surface area contributed by atoms with Crippen molar-refractivity contribution < 1.29 is 36.6 Å². The summed E-state index contributed by atoms with van der Waals surface area (Å²) in [5.74, 6) is -0.815. The zero-order chi connectivity index (χ0) is 18.7. The number of aliphatic hydroxyl groups is 2. The molecular weight excluding hydrogens is 356 g/mol. The van der Waals surface area contributed by atoms with Gasteiger partial charge < -0.3 is 15.5 Å². The Labute approximate surface area is 136 Å². The number of hydrogen-bond acceptors (Lipinski definition) is 4. The number of nitrogens with zero attached hydrogens (tertiary/aromatic N) is 2. The number of fused-ring (bicyclic) bond motifs is 1. The smallest absolute Gasteiger partial charge is 0.363 e. The molecular formula is C14H11F6N3O2. The fourth-order valence-electron chi connectivity index (χ4n) is 2.58. The van der Waals surface area contributed by atoms with E-state index in [0.717, 1.165) is 6.07 Å². The van der Waals surface area contributed by atoms with E-state index in [2.05, 4.69) is 5.10 Å². The summed E-state index contributed by atoms with van der Waals surface area (Å²) in [6.45, 7) is 0. The van der Waals surface area contributed by atoms with E-state index in [0.29, 0.717) is 5.56 Å². The Hall–Kier alpha value is -2.27. The number of hydrogen-bond donors (Lipinski definition) is 3. The van der Waals surface area contributed by atoms with Crippen LogP contribution in [0.4, 0.5) is 32.2 Å². The Morgan fingerprint density at radius 3 is 2.12 bits per heavy atom.